The monoisotopic (exact) mass is 293 g/mol. The van der Waals surface area contributed by atoms with Crippen LogP contribution in [0.25, 0.3) is 0 Å². The molecular weight excluding hydrogens is 266 g/mol. The van der Waals surface area contributed by atoms with Crippen LogP contribution in [0, 0.1) is 5.92 Å². The standard InChI is InChI=1S/C16H27N3O2/c1-11(2)21-16-14(9-6-10-18-16)19-15(20)12(3)7-5-8-13(4)17/h6,9-13H,5,7-8,17H2,1-4H3,(H,19,20). The molecule has 2 unspecified atom stereocenters. The minimum atomic E-state index is -0.0594. The lowest BCUT2D eigenvalue weighted by atomic mass is 10.0. The van der Waals surface area contributed by atoms with Crippen LogP contribution in [0.4, 0.5) is 5.69 Å². The van der Waals surface area contributed by atoms with Gasteiger partial charge >= 0.3 is 0 Å². The molecule has 0 spiro atoms. The van der Waals surface area contributed by atoms with E-state index < -0.39 is 0 Å². The lowest BCUT2D eigenvalue weighted by molar-refractivity contribution is -0.119. The van der Waals surface area contributed by atoms with Crippen molar-refractivity contribution in [3.63, 3.8) is 0 Å². The van der Waals surface area contributed by atoms with Crippen molar-refractivity contribution in [2.24, 2.45) is 11.7 Å². The molecule has 0 aliphatic carbocycles. The number of rotatable bonds is 8. The van der Waals surface area contributed by atoms with E-state index in [1.807, 2.05) is 27.7 Å². The van der Waals surface area contributed by atoms with Crippen molar-refractivity contribution in [3.05, 3.63) is 18.3 Å². The number of carbonyl (C=O) groups excluding carboxylic acids is 1. The molecule has 0 radical (unpaired) electrons. The minimum absolute atomic E-state index is 0.0127. The van der Waals surface area contributed by atoms with Gasteiger partial charge in [0.15, 0.2) is 0 Å². The number of hydrogen-bond donors (Lipinski definition) is 2. The van der Waals surface area contributed by atoms with E-state index in [4.69, 9.17) is 10.5 Å². The number of pyridine rings is 1. The Morgan fingerprint density at radius 2 is 2.05 bits per heavy atom. The number of nitrogens with zero attached hydrogens (tertiary/aromatic N) is 1. The summed E-state index contributed by atoms with van der Waals surface area (Å²) in [5.41, 5.74) is 6.34. The van der Waals surface area contributed by atoms with E-state index >= 15 is 0 Å². The Morgan fingerprint density at radius 3 is 2.67 bits per heavy atom. The first-order valence-corrected chi connectivity index (χ1v) is 7.58. The van der Waals surface area contributed by atoms with Crippen molar-refractivity contribution >= 4 is 11.6 Å². The Kier molecular flexibility index (Phi) is 7.15. The predicted molar refractivity (Wildman–Crippen MR) is 85.3 cm³/mol. The summed E-state index contributed by atoms with van der Waals surface area (Å²) in [7, 11) is 0. The molecule has 0 fully saturated rings. The summed E-state index contributed by atoms with van der Waals surface area (Å²) in [4.78, 5) is 16.4. The van der Waals surface area contributed by atoms with Crippen LogP contribution < -0.4 is 15.8 Å². The fourth-order valence-corrected chi connectivity index (χ4v) is 1.94. The molecule has 2 atom stereocenters. The van der Waals surface area contributed by atoms with E-state index in [1.165, 1.54) is 0 Å². The highest BCUT2D eigenvalue weighted by atomic mass is 16.5. The van der Waals surface area contributed by atoms with Crippen LogP contribution in [0.2, 0.25) is 0 Å². The van der Waals surface area contributed by atoms with Gasteiger partial charge in [0, 0.05) is 18.2 Å². The number of carbonyl (C=O) groups is 1. The smallest absolute Gasteiger partial charge is 0.238 e. The second kappa shape index (κ2) is 8.62. The molecule has 0 bridgehead atoms. The van der Waals surface area contributed by atoms with Gasteiger partial charge in [0.05, 0.1) is 6.10 Å². The van der Waals surface area contributed by atoms with Gasteiger partial charge in [0.1, 0.15) is 5.69 Å². The van der Waals surface area contributed by atoms with Crippen LogP contribution in [0.1, 0.15) is 47.0 Å². The Morgan fingerprint density at radius 1 is 1.33 bits per heavy atom. The maximum absolute atomic E-state index is 12.2. The van der Waals surface area contributed by atoms with Crippen LogP contribution in [0.3, 0.4) is 0 Å². The zero-order valence-electron chi connectivity index (χ0n) is 13.4. The fourth-order valence-electron chi connectivity index (χ4n) is 1.94. The van der Waals surface area contributed by atoms with Gasteiger partial charge in [0.25, 0.3) is 0 Å². The average molecular weight is 293 g/mol. The lowest BCUT2D eigenvalue weighted by Gasteiger charge is -2.16. The molecule has 5 nitrogen and oxygen atoms in total. The lowest BCUT2D eigenvalue weighted by Crippen LogP contribution is -2.22. The summed E-state index contributed by atoms with van der Waals surface area (Å²) in [6.45, 7) is 7.76. The molecule has 0 aliphatic rings. The molecule has 0 aromatic carbocycles. The molecular formula is C16H27N3O2. The van der Waals surface area contributed by atoms with Crippen LogP contribution in [0.15, 0.2) is 18.3 Å². The topological polar surface area (TPSA) is 77.2 Å². The molecule has 5 heteroatoms. The van der Waals surface area contributed by atoms with Gasteiger partial charge in [0.2, 0.25) is 11.8 Å². The molecule has 1 heterocycles. The van der Waals surface area contributed by atoms with Crippen molar-refractivity contribution in [2.75, 3.05) is 5.32 Å². The Labute approximate surface area is 127 Å². The zero-order chi connectivity index (χ0) is 15.8. The molecule has 1 aromatic heterocycles. The number of anilines is 1. The Balaban J connectivity index is 2.57. The Hall–Kier alpha value is -1.62. The van der Waals surface area contributed by atoms with Crippen LogP contribution in [-0.2, 0) is 4.79 Å². The average Bonchev–Trinajstić information content (AvgIpc) is 2.39. The largest absolute Gasteiger partial charge is 0.473 e. The van der Waals surface area contributed by atoms with Crippen LogP contribution in [0.5, 0.6) is 5.88 Å². The van der Waals surface area contributed by atoms with Gasteiger partial charge in [-0.05, 0) is 45.7 Å². The van der Waals surface area contributed by atoms with Gasteiger partial charge in [-0.1, -0.05) is 13.3 Å². The number of amides is 1. The first-order chi connectivity index (χ1) is 9.90. The third-order valence-electron chi connectivity index (χ3n) is 3.12. The third kappa shape index (κ3) is 6.58. The number of hydrogen-bond acceptors (Lipinski definition) is 4. The van der Waals surface area contributed by atoms with Crippen LogP contribution in [-0.4, -0.2) is 23.0 Å². The number of ether oxygens (including phenoxy) is 1. The van der Waals surface area contributed by atoms with Gasteiger partial charge < -0.3 is 15.8 Å². The molecule has 1 amide bonds. The molecule has 0 aliphatic heterocycles. The van der Waals surface area contributed by atoms with Crippen molar-refractivity contribution in [3.8, 4) is 5.88 Å². The molecule has 3 N–H and O–H groups in total. The number of aromatic nitrogens is 1. The molecule has 21 heavy (non-hydrogen) atoms. The SMILES string of the molecule is CC(N)CCCC(C)C(=O)Nc1cccnc1OC(C)C. The molecule has 1 rings (SSSR count). The highest BCUT2D eigenvalue weighted by Gasteiger charge is 2.16. The molecule has 0 saturated heterocycles. The molecule has 0 saturated carbocycles. The first kappa shape index (κ1) is 17.4. The summed E-state index contributed by atoms with van der Waals surface area (Å²) in [6, 6.07) is 3.77. The zero-order valence-corrected chi connectivity index (χ0v) is 13.4. The first-order valence-electron chi connectivity index (χ1n) is 7.58. The number of nitrogens with two attached hydrogens (primary N) is 1. The predicted octanol–water partition coefficient (Wildman–Crippen LogP) is 2.96. The Bertz CT molecular complexity index is 447. The van der Waals surface area contributed by atoms with Crippen molar-refractivity contribution in [2.45, 2.75) is 59.1 Å². The van der Waals surface area contributed by atoms with E-state index in [0.717, 1.165) is 19.3 Å². The molecule has 1 aromatic rings. The summed E-state index contributed by atoms with van der Waals surface area (Å²) in [5.74, 6) is 0.390. The maximum atomic E-state index is 12.2. The van der Waals surface area contributed by atoms with Crippen molar-refractivity contribution < 1.29 is 9.53 Å². The second-order valence-corrected chi connectivity index (χ2v) is 5.82. The van der Waals surface area contributed by atoms with Gasteiger partial charge in [-0.3, -0.25) is 4.79 Å². The maximum Gasteiger partial charge on any atom is 0.238 e. The second-order valence-electron chi connectivity index (χ2n) is 5.82. The molecule has 118 valence electrons. The van der Waals surface area contributed by atoms with E-state index in [9.17, 15) is 4.79 Å². The minimum Gasteiger partial charge on any atom is -0.473 e. The summed E-state index contributed by atoms with van der Waals surface area (Å²) < 4.78 is 5.60. The summed E-state index contributed by atoms with van der Waals surface area (Å²) in [5, 5.41) is 2.90. The summed E-state index contributed by atoms with van der Waals surface area (Å²) in [6.07, 6.45) is 4.38. The quantitative estimate of drug-likeness (QED) is 0.772. The summed E-state index contributed by atoms with van der Waals surface area (Å²) >= 11 is 0. The highest BCUT2D eigenvalue weighted by Crippen LogP contribution is 2.23. The van der Waals surface area contributed by atoms with E-state index in [-0.39, 0.29) is 24.0 Å². The van der Waals surface area contributed by atoms with E-state index in [1.54, 1.807) is 18.3 Å². The van der Waals surface area contributed by atoms with Crippen molar-refractivity contribution in [1.29, 1.82) is 0 Å². The van der Waals surface area contributed by atoms with Gasteiger partial charge in [-0.25, -0.2) is 4.98 Å². The van der Waals surface area contributed by atoms with Gasteiger partial charge in [-0.15, -0.1) is 0 Å². The van der Waals surface area contributed by atoms with Crippen LogP contribution >= 0.6 is 0 Å². The number of nitrogens with one attached hydrogen (secondary N) is 1. The third-order valence-corrected chi connectivity index (χ3v) is 3.12. The van der Waals surface area contributed by atoms with Gasteiger partial charge in [-0.2, -0.15) is 0 Å². The normalized spacial score (nSPS) is 13.8. The van der Waals surface area contributed by atoms with E-state index in [0.29, 0.717) is 11.6 Å². The highest BCUT2D eigenvalue weighted by molar-refractivity contribution is 5.93. The van der Waals surface area contributed by atoms with E-state index in [2.05, 4.69) is 10.3 Å². The van der Waals surface area contributed by atoms with Crippen molar-refractivity contribution in [1.82, 2.24) is 4.98 Å². The fraction of sp³-hybridized carbons (Fsp3) is 0.625.